The van der Waals surface area contributed by atoms with Gasteiger partial charge < -0.3 is 14.2 Å². The van der Waals surface area contributed by atoms with Crippen molar-refractivity contribution in [2.45, 2.75) is 297 Å². The summed E-state index contributed by atoms with van der Waals surface area (Å²) in [4.78, 5) is 37.9. The second-order valence-electron chi connectivity index (χ2n) is 18.8. The number of allylic oxidation sites excluding steroid dienone is 8. The summed E-state index contributed by atoms with van der Waals surface area (Å²) in [6, 6.07) is 0. The van der Waals surface area contributed by atoms with Crippen molar-refractivity contribution in [1.82, 2.24) is 0 Å². The van der Waals surface area contributed by atoms with E-state index in [4.69, 9.17) is 14.2 Å². The summed E-state index contributed by atoms with van der Waals surface area (Å²) >= 11 is 0. The third kappa shape index (κ3) is 52.2. The highest BCUT2D eigenvalue weighted by atomic mass is 16.6. The van der Waals surface area contributed by atoms with Crippen molar-refractivity contribution in [3.63, 3.8) is 0 Å². The molecule has 0 saturated heterocycles. The molecule has 1 atom stereocenters. The lowest BCUT2D eigenvalue weighted by molar-refractivity contribution is -0.167. The third-order valence-corrected chi connectivity index (χ3v) is 12.3. The molecule has 0 aliphatic heterocycles. The van der Waals surface area contributed by atoms with Gasteiger partial charge >= 0.3 is 17.9 Å². The Morgan fingerprint density at radius 1 is 0.323 bits per heavy atom. The molecule has 0 aromatic rings. The number of esters is 3. The van der Waals surface area contributed by atoms with Crippen LogP contribution in [-0.2, 0) is 28.6 Å². The van der Waals surface area contributed by atoms with Gasteiger partial charge in [-0.25, -0.2) is 0 Å². The Morgan fingerprint density at radius 3 is 0.938 bits per heavy atom. The number of unbranched alkanes of at least 4 members (excludes halogenated alkanes) is 32. The summed E-state index contributed by atoms with van der Waals surface area (Å²) in [7, 11) is 0. The summed E-state index contributed by atoms with van der Waals surface area (Å²) in [6.45, 7) is 6.51. The molecule has 0 aliphatic rings. The van der Waals surface area contributed by atoms with Crippen LogP contribution in [0, 0.1) is 0 Å². The van der Waals surface area contributed by atoms with Gasteiger partial charge in [0.25, 0.3) is 0 Å². The minimum Gasteiger partial charge on any atom is -0.462 e. The first-order valence-corrected chi connectivity index (χ1v) is 28.1. The molecule has 65 heavy (non-hydrogen) atoms. The van der Waals surface area contributed by atoms with E-state index in [2.05, 4.69) is 69.4 Å². The van der Waals surface area contributed by atoms with Gasteiger partial charge in [-0.2, -0.15) is 0 Å². The molecule has 0 aromatic heterocycles. The fraction of sp³-hybridized carbons (Fsp3) is 0.814. The van der Waals surface area contributed by atoms with Crippen LogP contribution in [0.3, 0.4) is 0 Å². The van der Waals surface area contributed by atoms with Gasteiger partial charge in [0.15, 0.2) is 6.10 Å². The van der Waals surface area contributed by atoms with Crippen molar-refractivity contribution < 1.29 is 28.6 Å². The predicted molar refractivity (Wildman–Crippen MR) is 279 cm³/mol. The average molecular weight is 911 g/mol. The van der Waals surface area contributed by atoms with Crippen LogP contribution in [0.5, 0.6) is 0 Å². The van der Waals surface area contributed by atoms with E-state index in [9.17, 15) is 14.4 Å². The van der Waals surface area contributed by atoms with Gasteiger partial charge in [-0.15, -0.1) is 0 Å². The SMILES string of the molecule is CC/C=C\C/C=C\C/C=C\C/C=C\CCCCCCC(=O)OC(COC(=O)CCCCCCCCCC)COC(=O)CCCCCCCCCCCCCCCCCCCCCCCC. The number of hydrogen-bond acceptors (Lipinski definition) is 6. The molecule has 0 saturated carbocycles. The van der Waals surface area contributed by atoms with Gasteiger partial charge in [0, 0.05) is 19.3 Å². The molecule has 0 rings (SSSR count). The number of carbonyl (C=O) groups excluding carboxylic acids is 3. The average Bonchev–Trinajstić information content (AvgIpc) is 3.30. The van der Waals surface area contributed by atoms with E-state index >= 15 is 0 Å². The van der Waals surface area contributed by atoms with Gasteiger partial charge in [-0.1, -0.05) is 262 Å². The third-order valence-electron chi connectivity index (χ3n) is 12.3. The van der Waals surface area contributed by atoms with Crippen LogP contribution in [0.1, 0.15) is 290 Å². The van der Waals surface area contributed by atoms with Crippen molar-refractivity contribution >= 4 is 17.9 Å². The van der Waals surface area contributed by atoms with Crippen LogP contribution in [0.2, 0.25) is 0 Å². The van der Waals surface area contributed by atoms with Crippen molar-refractivity contribution in [2.75, 3.05) is 13.2 Å². The van der Waals surface area contributed by atoms with Crippen molar-refractivity contribution in [3.05, 3.63) is 48.6 Å². The Morgan fingerprint density at radius 2 is 0.600 bits per heavy atom. The summed E-state index contributed by atoms with van der Waals surface area (Å²) in [5.41, 5.74) is 0. The second-order valence-corrected chi connectivity index (χ2v) is 18.8. The first-order valence-electron chi connectivity index (χ1n) is 28.1. The highest BCUT2D eigenvalue weighted by Crippen LogP contribution is 2.17. The van der Waals surface area contributed by atoms with E-state index in [-0.39, 0.29) is 31.1 Å². The van der Waals surface area contributed by atoms with Gasteiger partial charge in [0.2, 0.25) is 0 Å². The molecule has 1 unspecified atom stereocenters. The van der Waals surface area contributed by atoms with Crippen LogP contribution in [0.4, 0.5) is 0 Å². The van der Waals surface area contributed by atoms with E-state index in [1.54, 1.807) is 0 Å². The molecular formula is C59H106O6. The first-order chi connectivity index (χ1) is 32.0. The lowest BCUT2D eigenvalue weighted by atomic mass is 10.0. The molecule has 378 valence electrons. The summed E-state index contributed by atoms with van der Waals surface area (Å²) in [5.74, 6) is -0.895. The molecule has 0 heterocycles. The first kappa shape index (κ1) is 62.4. The molecular weight excluding hydrogens is 805 g/mol. The van der Waals surface area contributed by atoms with E-state index in [0.717, 1.165) is 96.3 Å². The largest absolute Gasteiger partial charge is 0.462 e. The number of carbonyl (C=O) groups is 3. The van der Waals surface area contributed by atoms with Gasteiger partial charge in [0.1, 0.15) is 13.2 Å². The van der Waals surface area contributed by atoms with E-state index in [1.807, 2.05) is 0 Å². The van der Waals surface area contributed by atoms with Crippen molar-refractivity contribution in [3.8, 4) is 0 Å². The fourth-order valence-electron chi connectivity index (χ4n) is 8.14. The lowest BCUT2D eigenvalue weighted by Crippen LogP contribution is -2.30. The number of ether oxygens (including phenoxy) is 3. The molecule has 0 aliphatic carbocycles. The lowest BCUT2D eigenvalue weighted by Gasteiger charge is -2.18. The van der Waals surface area contributed by atoms with Crippen molar-refractivity contribution in [1.29, 1.82) is 0 Å². The van der Waals surface area contributed by atoms with E-state index in [0.29, 0.717) is 19.3 Å². The summed E-state index contributed by atoms with van der Waals surface area (Å²) in [5, 5.41) is 0. The fourth-order valence-corrected chi connectivity index (χ4v) is 8.14. The maximum Gasteiger partial charge on any atom is 0.306 e. The Bertz CT molecular complexity index is 1140. The molecule has 6 nitrogen and oxygen atoms in total. The zero-order chi connectivity index (χ0) is 47.2. The number of hydrogen-bond donors (Lipinski definition) is 0. The molecule has 0 aromatic carbocycles. The quantitative estimate of drug-likeness (QED) is 0.0262. The monoisotopic (exact) mass is 911 g/mol. The molecule has 0 N–H and O–H groups in total. The van der Waals surface area contributed by atoms with E-state index < -0.39 is 6.10 Å². The topological polar surface area (TPSA) is 78.9 Å². The zero-order valence-corrected chi connectivity index (χ0v) is 43.3. The maximum absolute atomic E-state index is 12.8. The standard InChI is InChI=1S/C59H106O6/c1-4-7-10-13-16-19-21-23-25-27-28-29-30-31-33-34-36-38-40-43-46-49-52-58(61)64-55-56(54-63-57(60)51-48-45-42-18-15-12-9-6-3)65-59(62)53-50-47-44-41-39-37-35-32-26-24-22-20-17-14-11-8-5-2/h8,11,17,20,24,26,35,37,56H,4-7,9-10,12-16,18-19,21-23,25,27-34,36,38-55H2,1-3H3/b11-8-,20-17-,26-24-,37-35-. The van der Waals surface area contributed by atoms with Crippen molar-refractivity contribution in [2.24, 2.45) is 0 Å². The normalized spacial score (nSPS) is 12.4. The number of rotatable bonds is 51. The minimum atomic E-state index is -0.781. The smallest absolute Gasteiger partial charge is 0.306 e. The molecule has 0 bridgehead atoms. The zero-order valence-electron chi connectivity index (χ0n) is 43.3. The highest BCUT2D eigenvalue weighted by molar-refractivity contribution is 5.71. The van der Waals surface area contributed by atoms with E-state index in [1.165, 1.54) is 154 Å². The van der Waals surface area contributed by atoms with Crippen LogP contribution in [0.25, 0.3) is 0 Å². The second kappa shape index (κ2) is 54.0. The minimum absolute atomic E-state index is 0.0796. The van der Waals surface area contributed by atoms with Crippen LogP contribution >= 0.6 is 0 Å². The predicted octanol–water partition coefficient (Wildman–Crippen LogP) is 18.7. The molecule has 0 radical (unpaired) electrons. The highest BCUT2D eigenvalue weighted by Gasteiger charge is 2.19. The van der Waals surface area contributed by atoms with Crippen LogP contribution in [0.15, 0.2) is 48.6 Å². The molecule has 0 spiro atoms. The molecule has 0 fully saturated rings. The van der Waals surface area contributed by atoms with Gasteiger partial charge in [0.05, 0.1) is 0 Å². The molecule has 0 amide bonds. The molecule has 6 heteroatoms. The summed E-state index contributed by atoms with van der Waals surface area (Å²) < 4.78 is 16.8. The Hall–Kier alpha value is -2.63. The van der Waals surface area contributed by atoms with Crippen LogP contribution in [-0.4, -0.2) is 37.2 Å². The Labute approximate surface area is 403 Å². The van der Waals surface area contributed by atoms with Crippen LogP contribution < -0.4 is 0 Å². The van der Waals surface area contributed by atoms with Gasteiger partial charge in [-0.3, -0.25) is 14.4 Å². The Balaban J connectivity index is 4.22. The maximum atomic E-state index is 12.8. The summed E-state index contributed by atoms with van der Waals surface area (Å²) in [6.07, 6.45) is 65.5. The Kier molecular flexibility index (Phi) is 51.8. The van der Waals surface area contributed by atoms with Gasteiger partial charge in [-0.05, 0) is 57.8 Å².